The molecule has 1 aliphatic heterocycles. The molecule has 43 heavy (non-hydrogen) atoms. The van der Waals surface area contributed by atoms with E-state index in [-0.39, 0.29) is 25.7 Å². The van der Waals surface area contributed by atoms with Gasteiger partial charge in [-0.3, -0.25) is 9.69 Å². The van der Waals surface area contributed by atoms with Crippen molar-refractivity contribution in [3.05, 3.63) is 107 Å². The van der Waals surface area contributed by atoms with Crippen LogP contribution in [0.15, 0.2) is 84.6 Å². The molecule has 0 radical (unpaired) electrons. The van der Waals surface area contributed by atoms with Crippen LogP contribution in [0.5, 0.6) is 0 Å². The van der Waals surface area contributed by atoms with E-state index in [0.29, 0.717) is 24.3 Å². The zero-order valence-corrected chi connectivity index (χ0v) is 25.7. The molecule has 1 heterocycles. The number of hydrogen-bond acceptors (Lipinski definition) is 7. The molecule has 0 aromatic heterocycles. The predicted octanol–water partition coefficient (Wildman–Crippen LogP) is 6.13. The molecule has 0 spiro atoms. The first-order valence-electron chi connectivity index (χ1n) is 14.2. The van der Waals surface area contributed by atoms with Gasteiger partial charge in [0, 0.05) is 17.8 Å². The maximum atomic E-state index is 13.5. The van der Waals surface area contributed by atoms with Crippen LogP contribution in [0.25, 0.3) is 11.1 Å². The molecule has 8 nitrogen and oxygen atoms in total. The number of aryl methyl sites for hydroxylation is 1. The molecule has 4 rings (SSSR count). The number of nitrogens with zero attached hydrogens (tertiary/aromatic N) is 1. The summed E-state index contributed by atoms with van der Waals surface area (Å²) >= 11 is 1.60. The third kappa shape index (κ3) is 8.72. The fourth-order valence-corrected chi connectivity index (χ4v) is 5.34. The van der Waals surface area contributed by atoms with Gasteiger partial charge in [0.15, 0.2) is 0 Å². The minimum Gasteiger partial charge on any atom is -0.467 e. The number of thioether (sulfide) groups is 1. The Balaban J connectivity index is 1.44. The van der Waals surface area contributed by atoms with Crippen molar-refractivity contribution in [2.24, 2.45) is 0 Å². The van der Waals surface area contributed by atoms with Crippen molar-refractivity contribution < 1.29 is 28.6 Å². The van der Waals surface area contributed by atoms with Gasteiger partial charge in [0.05, 0.1) is 20.3 Å². The Labute approximate surface area is 257 Å². The van der Waals surface area contributed by atoms with Crippen LogP contribution in [0.2, 0.25) is 0 Å². The number of carbonyl (C=O) groups excluding carboxylic acids is 3. The molecule has 1 atom stereocenters. The van der Waals surface area contributed by atoms with Crippen LogP contribution in [0, 0.1) is 6.92 Å². The van der Waals surface area contributed by atoms with Crippen molar-refractivity contribution in [2.75, 3.05) is 32.3 Å². The van der Waals surface area contributed by atoms with E-state index in [9.17, 15) is 14.4 Å². The Morgan fingerprint density at radius 3 is 2.44 bits per heavy atom. The summed E-state index contributed by atoms with van der Waals surface area (Å²) in [6.07, 6.45) is 4.76. The summed E-state index contributed by atoms with van der Waals surface area (Å²) in [5.41, 5.74) is 5.71. The summed E-state index contributed by atoms with van der Waals surface area (Å²) in [6, 6.07) is 22.2. The van der Waals surface area contributed by atoms with Gasteiger partial charge < -0.3 is 19.5 Å². The Morgan fingerprint density at radius 2 is 1.70 bits per heavy atom. The monoisotopic (exact) mass is 602 g/mol. The maximum Gasteiger partial charge on any atom is 0.414 e. The van der Waals surface area contributed by atoms with Crippen LogP contribution in [-0.4, -0.2) is 61.2 Å². The molecule has 0 saturated carbocycles. The molecule has 226 valence electrons. The quantitative estimate of drug-likeness (QED) is 0.235. The first kappa shape index (κ1) is 31.8. The molecule has 0 fully saturated rings. The molecule has 1 aliphatic rings. The predicted molar refractivity (Wildman–Crippen MR) is 169 cm³/mol. The number of ether oxygens (including phenoxy) is 3. The number of benzene rings is 3. The smallest absolute Gasteiger partial charge is 0.414 e. The summed E-state index contributed by atoms with van der Waals surface area (Å²) in [5, 5.41) is 2.87. The molecule has 0 bridgehead atoms. The van der Waals surface area contributed by atoms with Gasteiger partial charge in [0.1, 0.15) is 12.6 Å². The molecule has 1 N–H and O–H groups in total. The number of esters is 1. The second-order valence-electron chi connectivity index (χ2n) is 10.2. The highest BCUT2D eigenvalue weighted by molar-refractivity contribution is 7.98. The summed E-state index contributed by atoms with van der Waals surface area (Å²) < 4.78 is 16.5. The normalized spacial score (nSPS) is 13.3. The number of amides is 2. The standard InChI is InChI=1S/C34H38N2O6S/c1-24-10-7-8-14-28(24)30-20-26(15-16-29(30)32(37)35-31(17-19-43-3)33(38)40-2)21-41-23-27-13-9-18-36(27)34(39)42-22-25-11-5-4-6-12-25/h4-8,10-16,20,31H,9,17-19,21-23H2,1-3H3,(H,35,37)/t31-/m0/s1. The van der Waals surface area contributed by atoms with Crippen LogP contribution in [0.3, 0.4) is 0 Å². The summed E-state index contributed by atoms with van der Waals surface area (Å²) in [5.74, 6) is -0.105. The maximum absolute atomic E-state index is 13.5. The summed E-state index contributed by atoms with van der Waals surface area (Å²) in [6.45, 7) is 3.29. The molecule has 9 heteroatoms. The number of methoxy groups -OCH3 is 1. The lowest BCUT2D eigenvalue weighted by molar-refractivity contribution is -0.142. The van der Waals surface area contributed by atoms with E-state index in [4.69, 9.17) is 14.2 Å². The minimum absolute atomic E-state index is 0.212. The minimum atomic E-state index is -0.736. The van der Waals surface area contributed by atoms with Crippen LogP contribution in [0.1, 0.15) is 39.9 Å². The lowest BCUT2D eigenvalue weighted by Crippen LogP contribution is -2.42. The van der Waals surface area contributed by atoms with E-state index < -0.39 is 18.1 Å². The van der Waals surface area contributed by atoms with E-state index in [1.54, 1.807) is 22.7 Å². The average Bonchev–Trinajstić information content (AvgIpc) is 3.50. The second-order valence-corrected chi connectivity index (χ2v) is 11.2. The Bertz CT molecular complexity index is 1440. The summed E-state index contributed by atoms with van der Waals surface area (Å²) in [4.78, 5) is 40.2. The highest BCUT2D eigenvalue weighted by Crippen LogP contribution is 2.29. The molecular weight excluding hydrogens is 564 g/mol. The topological polar surface area (TPSA) is 94.2 Å². The first-order chi connectivity index (χ1) is 20.9. The highest BCUT2D eigenvalue weighted by Gasteiger charge is 2.25. The van der Waals surface area contributed by atoms with Gasteiger partial charge in [-0.2, -0.15) is 11.8 Å². The van der Waals surface area contributed by atoms with Crippen LogP contribution >= 0.6 is 11.8 Å². The Morgan fingerprint density at radius 1 is 0.930 bits per heavy atom. The Hall–Kier alpha value is -4.08. The largest absolute Gasteiger partial charge is 0.467 e. The second kappa shape index (κ2) is 16.0. The van der Waals surface area contributed by atoms with Crippen LogP contribution in [-0.2, 0) is 32.2 Å². The van der Waals surface area contributed by atoms with E-state index in [1.807, 2.05) is 86.0 Å². The average molecular weight is 603 g/mol. The van der Waals surface area contributed by atoms with Crippen molar-refractivity contribution >= 4 is 29.7 Å². The molecule has 0 unspecified atom stereocenters. The fraction of sp³-hybridized carbons (Fsp3) is 0.324. The van der Waals surface area contributed by atoms with Crippen molar-refractivity contribution in [3.8, 4) is 11.1 Å². The fourth-order valence-electron chi connectivity index (χ4n) is 4.87. The van der Waals surface area contributed by atoms with E-state index in [2.05, 4.69) is 5.32 Å². The van der Waals surface area contributed by atoms with E-state index in [0.717, 1.165) is 39.9 Å². The molecule has 0 aliphatic carbocycles. The van der Waals surface area contributed by atoms with Crippen LogP contribution < -0.4 is 5.32 Å². The molecule has 0 saturated heterocycles. The number of hydrogen-bond donors (Lipinski definition) is 1. The van der Waals surface area contributed by atoms with Gasteiger partial charge >= 0.3 is 12.1 Å². The van der Waals surface area contributed by atoms with E-state index in [1.165, 1.54) is 7.11 Å². The third-order valence-electron chi connectivity index (χ3n) is 7.19. The third-order valence-corrected chi connectivity index (χ3v) is 7.83. The summed E-state index contributed by atoms with van der Waals surface area (Å²) in [7, 11) is 1.32. The zero-order valence-electron chi connectivity index (χ0n) is 24.8. The van der Waals surface area contributed by atoms with Gasteiger partial charge in [-0.15, -0.1) is 0 Å². The van der Waals surface area contributed by atoms with Crippen molar-refractivity contribution in [1.82, 2.24) is 10.2 Å². The lowest BCUT2D eigenvalue weighted by atomic mass is 9.93. The first-order valence-corrected chi connectivity index (χ1v) is 15.6. The van der Waals surface area contributed by atoms with Gasteiger partial charge in [0.25, 0.3) is 5.91 Å². The molecule has 3 aromatic rings. The molecular formula is C34H38N2O6S. The number of carbonyl (C=O) groups is 3. The van der Waals surface area contributed by atoms with Crippen molar-refractivity contribution in [3.63, 3.8) is 0 Å². The number of rotatable bonds is 13. The molecule has 3 aromatic carbocycles. The van der Waals surface area contributed by atoms with Gasteiger partial charge in [-0.1, -0.05) is 66.7 Å². The van der Waals surface area contributed by atoms with Gasteiger partial charge in [0.2, 0.25) is 0 Å². The van der Waals surface area contributed by atoms with Crippen molar-refractivity contribution in [2.45, 2.75) is 39.0 Å². The van der Waals surface area contributed by atoms with Gasteiger partial charge in [-0.25, -0.2) is 9.59 Å². The van der Waals surface area contributed by atoms with Crippen molar-refractivity contribution in [1.29, 1.82) is 0 Å². The molecule has 2 amide bonds. The number of nitrogens with one attached hydrogen (secondary N) is 1. The lowest BCUT2D eigenvalue weighted by Gasteiger charge is -2.20. The zero-order chi connectivity index (χ0) is 30.6. The van der Waals surface area contributed by atoms with Gasteiger partial charge in [-0.05, 0) is 71.7 Å². The van der Waals surface area contributed by atoms with Crippen LogP contribution in [0.4, 0.5) is 4.79 Å². The van der Waals surface area contributed by atoms with E-state index >= 15 is 0 Å². The SMILES string of the molecule is COC(=O)[C@H](CCSC)NC(=O)c1ccc(COCC2=CCCN2C(=O)OCc2ccccc2)cc1-c1ccccc1C. The highest BCUT2D eigenvalue weighted by atomic mass is 32.2. The Kier molecular flexibility index (Phi) is 11.8.